The Morgan fingerprint density at radius 2 is 2.00 bits per heavy atom. The number of nitrogens with zero attached hydrogens (tertiary/aromatic N) is 3. The lowest BCUT2D eigenvalue weighted by Crippen LogP contribution is -2.45. The van der Waals surface area contributed by atoms with Crippen LogP contribution in [0, 0.1) is 19.8 Å². The summed E-state index contributed by atoms with van der Waals surface area (Å²) in [6.45, 7) is 5.78. The summed E-state index contributed by atoms with van der Waals surface area (Å²) < 4.78 is 1.99. The third-order valence-corrected chi connectivity index (χ3v) is 5.45. The molecule has 0 bridgehead atoms. The predicted octanol–water partition coefficient (Wildman–Crippen LogP) is 3.40. The third-order valence-electron chi connectivity index (χ3n) is 5.45. The molecule has 1 N–H and O–H groups in total. The Morgan fingerprint density at radius 1 is 1.22 bits per heavy atom. The van der Waals surface area contributed by atoms with Gasteiger partial charge in [0.15, 0.2) is 0 Å². The molecule has 0 aliphatic heterocycles. The fourth-order valence-electron chi connectivity index (χ4n) is 4.16. The van der Waals surface area contributed by atoms with Crippen molar-refractivity contribution >= 4 is 5.91 Å². The predicted molar refractivity (Wildman–Crippen MR) is 109 cm³/mol. The number of amides is 1. The molecule has 1 aromatic heterocycles. The monoisotopic (exact) mass is 368 g/mol. The number of hydrogen-bond donors (Lipinski definition) is 1. The fraction of sp³-hybridized carbons (Fsp3) is 0.545. The second-order valence-corrected chi connectivity index (χ2v) is 8.17. The van der Waals surface area contributed by atoms with Gasteiger partial charge in [-0.05, 0) is 70.5 Å². The summed E-state index contributed by atoms with van der Waals surface area (Å²) in [5, 5.41) is 7.83. The highest BCUT2D eigenvalue weighted by atomic mass is 16.1. The number of nitrogens with one attached hydrogen (secondary N) is 1. The van der Waals surface area contributed by atoms with E-state index in [-0.39, 0.29) is 11.9 Å². The van der Waals surface area contributed by atoms with Crippen molar-refractivity contribution in [3.05, 3.63) is 52.8 Å². The van der Waals surface area contributed by atoms with Crippen LogP contribution in [0.15, 0.2) is 30.3 Å². The van der Waals surface area contributed by atoms with Crippen molar-refractivity contribution in [2.75, 3.05) is 20.6 Å². The summed E-state index contributed by atoms with van der Waals surface area (Å²) >= 11 is 0. The molecule has 27 heavy (non-hydrogen) atoms. The molecule has 0 radical (unpaired) electrons. The molecule has 146 valence electrons. The van der Waals surface area contributed by atoms with E-state index in [9.17, 15) is 4.79 Å². The second kappa shape index (κ2) is 8.70. The molecule has 1 aliphatic carbocycles. The summed E-state index contributed by atoms with van der Waals surface area (Å²) in [6, 6.07) is 10.3. The van der Waals surface area contributed by atoms with Gasteiger partial charge in [-0.1, -0.05) is 25.0 Å². The van der Waals surface area contributed by atoms with Gasteiger partial charge < -0.3 is 10.2 Å². The highest BCUT2D eigenvalue weighted by Crippen LogP contribution is 2.25. The van der Waals surface area contributed by atoms with Crippen LogP contribution in [0.1, 0.15) is 53.0 Å². The first-order valence-corrected chi connectivity index (χ1v) is 9.98. The van der Waals surface area contributed by atoms with Crippen molar-refractivity contribution in [2.45, 2.75) is 52.1 Å². The van der Waals surface area contributed by atoms with Crippen LogP contribution in [0.3, 0.4) is 0 Å². The molecule has 1 heterocycles. The first-order valence-electron chi connectivity index (χ1n) is 9.98. The van der Waals surface area contributed by atoms with Crippen molar-refractivity contribution in [3.63, 3.8) is 0 Å². The lowest BCUT2D eigenvalue weighted by Gasteiger charge is -2.34. The molecule has 1 saturated carbocycles. The normalized spacial score (nSPS) is 20.0. The molecule has 5 heteroatoms. The molecule has 2 aromatic rings. The van der Waals surface area contributed by atoms with Gasteiger partial charge in [-0.2, -0.15) is 5.10 Å². The SMILES string of the molecule is Cc1cc(C)n(Cc2cccc(C(=O)NC3CCCCC3CN(C)C)c2)n1. The number of aromatic nitrogens is 2. The van der Waals surface area contributed by atoms with Crippen LogP contribution in [-0.4, -0.2) is 47.3 Å². The second-order valence-electron chi connectivity index (χ2n) is 8.17. The van der Waals surface area contributed by atoms with Crippen LogP contribution in [-0.2, 0) is 6.54 Å². The number of benzene rings is 1. The number of aryl methyl sites for hydroxylation is 2. The van der Waals surface area contributed by atoms with Gasteiger partial charge in [0, 0.05) is 23.8 Å². The summed E-state index contributed by atoms with van der Waals surface area (Å²) in [6.07, 6.45) is 4.74. The summed E-state index contributed by atoms with van der Waals surface area (Å²) in [5.74, 6) is 0.580. The largest absolute Gasteiger partial charge is 0.349 e. The molecule has 1 aromatic carbocycles. The Balaban J connectivity index is 1.68. The minimum absolute atomic E-state index is 0.0425. The van der Waals surface area contributed by atoms with Crippen LogP contribution >= 0.6 is 0 Å². The lowest BCUT2D eigenvalue weighted by atomic mass is 9.84. The zero-order valence-electron chi connectivity index (χ0n) is 17.0. The molecule has 0 saturated heterocycles. The van der Waals surface area contributed by atoms with Gasteiger partial charge in [0.25, 0.3) is 5.91 Å². The van der Waals surface area contributed by atoms with E-state index in [2.05, 4.69) is 48.5 Å². The molecule has 1 fully saturated rings. The fourth-order valence-corrected chi connectivity index (χ4v) is 4.16. The Labute approximate surface area is 162 Å². The Hall–Kier alpha value is -2.14. The van der Waals surface area contributed by atoms with Crippen LogP contribution in [0.25, 0.3) is 0 Å². The lowest BCUT2D eigenvalue weighted by molar-refractivity contribution is 0.0895. The highest BCUT2D eigenvalue weighted by Gasteiger charge is 2.27. The van der Waals surface area contributed by atoms with E-state index < -0.39 is 0 Å². The maximum absolute atomic E-state index is 12.9. The van der Waals surface area contributed by atoms with Gasteiger partial charge in [0.2, 0.25) is 0 Å². The number of rotatable bonds is 6. The van der Waals surface area contributed by atoms with Gasteiger partial charge in [0.05, 0.1) is 12.2 Å². The Morgan fingerprint density at radius 3 is 2.70 bits per heavy atom. The van der Waals surface area contributed by atoms with Crippen LogP contribution in [0.5, 0.6) is 0 Å². The molecule has 2 atom stereocenters. The van der Waals surface area contributed by atoms with Gasteiger partial charge >= 0.3 is 0 Å². The van der Waals surface area contributed by atoms with Crippen molar-refractivity contribution in [2.24, 2.45) is 5.92 Å². The molecule has 5 nitrogen and oxygen atoms in total. The molecule has 3 rings (SSSR count). The number of hydrogen-bond acceptors (Lipinski definition) is 3. The number of carbonyl (C=O) groups is 1. The summed E-state index contributed by atoms with van der Waals surface area (Å²) in [5.41, 5.74) is 3.99. The van der Waals surface area contributed by atoms with E-state index >= 15 is 0 Å². The smallest absolute Gasteiger partial charge is 0.251 e. The van der Waals surface area contributed by atoms with Gasteiger partial charge in [-0.15, -0.1) is 0 Å². The first kappa shape index (κ1) is 19.6. The highest BCUT2D eigenvalue weighted by molar-refractivity contribution is 5.94. The molecular formula is C22H32N4O. The van der Waals surface area contributed by atoms with Crippen molar-refractivity contribution in [1.29, 1.82) is 0 Å². The van der Waals surface area contributed by atoms with Crippen LogP contribution in [0.2, 0.25) is 0 Å². The maximum atomic E-state index is 12.9. The van der Waals surface area contributed by atoms with Crippen molar-refractivity contribution in [3.8, 4) is 0 Å². The van der Waals surface area contributed by atoms with Gasteiger partial charge in [-0.3, -0.25) is 9.48 Å². The maximum Gasteiger partial charge on any atom is 0.251 e. The van der Waals surface area contributed by atoms with E-state index in [0.29, 0.717) is 12.5 Å². The average molecular weight is 369 g/mol. The quantitative estimate of drug-likeness (QED) is 0.850. The topological polar surface area (TPSA) is 50.2 Å². The van der Waals surface area contributed by atoms with E-state index in [0.717, 1.165) is 35.5 Å². The Bertz CT molecular complexity index is 780. The zero-order chi connectivity index (χ0) is 19.4. The van der Waals surface area contributed by atoms with Crippen molar-refractivity contribution < 1.29 is 4.79 Å². The van der Waals surface area contributed by atoms with Crippen LogP contribution < -0.4 is 5.32 Å². The standard InChI is InChI=1S/C22H32N4O/c1-16-12-17(2)26(24-16)14-18-8-7-10-19(13-18)22(27)23-21-11-6-5-9-20(21)15-25(3)4/h7-8,10,12-13,20-21H,5-6,9,11,14-15H2,1-4H3,(H,23,27). The van der Waals surface area contributed by atoms with E-state index in [1.54, 1.807) is 0 Å². The summed E-state index contributed by atoms with van der Waals surface area (Å²) in [7, 11) is 4.21. The Kier molecular flexibility index (Phi) is 6.32. The van der Waals surface area contributed by atoms with Crippen molar-refractivity contribution in [1.82, 2.24) is 20.0 Å². The minimum Gasteiger partial charge on any atom is -0.349 e. The minimum atomic E-state index is 0.0425. The molecular weight excluding hydrogens is 336 g/mol. The first-order chi connectivity index (χ1) is 12.9. The van der Waals surface area contributed by atoms with Gasteiger partial charge in [-0.25, -0.2) is 0 Å². The summed E-state index contributed by atoms with van der Waals surface area (Å²) in [4.78, 5) is 15.1. The molecule has 2 unspecified atom stereocenters. The number of carbonyl (C=O) groups excluding carboxylic acids is 1. The molecule has 1 aliphatic rings. The van der Waals surface area contributed by atoms with E-state index in [1.807, 2.05) is 29.8 Å². The zero-order valence-corrected chi connectivity index (χ0v) is 17.0. The van der Waals surface area contributed by atoms with Gasteiger partial charge in [0.1, 0.15) is 0 Å². The average Bonchev–Trinajstić information content (AvgIpc) is 2.93. The molecule has 1 amide bonds. The third kappa shape index (κ3) is 5.19. The molecule has 0 spiro atoms. The van der Waals surface area contributed by atoms with Crippen LogP contribution in [0.4, 0.5) is 0 Å². The van der Waals surface area contributed by atoms with E-state index in [4.69, 9.17) is 0 Å². The van der Waals surface area contributed by atoms with E-state index in [1.165, 1.54) is 19.3 Å².